The molecule has 0 atom stereocenters. The molecule has 0 aliphatic carbocycles. The van der Waals surface area contributed by atoms with Gasteiger partial charge in [-0.15, -0.1) is 0 Å². The van der Waals surface area contributed by atoms with Gasteiger partial charge in [0.05, 0.1) is 5.69 Å². The third-order valence-corrected chi connectivity index (χ3v) is 3.82. The second-order valence-electron chi connectivity index (χ2n) is 5.41. The highest BCUT2D eigenvalue weighted by molar-refractivity contribution is 5.69. The monoisotopic (exact) mass is 308 g/mol. The molecule has 0 saturated heterocycles. The van der Waals surface area contributed by atoms with Crippen LogP contribution in [0.5, 0.6) is 0 Å². The number of hydrogen-bond donors (Lipinski definition) is 0. The standard InChI is InChI=1S/C19H17FN2O/c1-3-22-18(23)12-13(2)19(21-22)16-6-4-14(5-7-16)15-8-10-17(20)11-9-15/h4-12H,3H2,1-2H3. The van der Waals surface area contributed by atoms with Gasteiger partial charge in [0.25, 0.3) is 5.56 Å². The SMILES string of the molecule is CCn1nc(-c2ccc(-c3ccc(F)cc3)cc2)c(C)cc1=O. The fourth-order valence-corrected chi connectivity index (χ4v) is 2.55. The molecule has 0 aliphatic rings. The Morgan fingerprint density at radius 3 is 2.04 bits per heavy atom. The summed E-state index contributed by atoms with van der Waals surface area (Å²) in [5.74, 6) is -0.244. The molecule has 3 rings (SSSR count). The third-order valence-electron chi connectivity index (χ3n) is 3.82. The zero-order valence-electron chi connectivity index (χ0n) is 13.1. The second kappa shape index (κ2) is 6.16. The number of benzene rings is 2. The fourth-order valence-electron chi connectivity index (χ4n) is 2.55. The van der Waals surface area contributed by atoms with Crippen LogP contribution in [-0.2, 0) is 6.54 Å². The van der Waals surface area contributed by atoms with Crippen molar-refractivity contribution in [3.05, 3.63) is 76.3 Å². The Morgan fingerprint density at radius 2 is 1.48 bits per heavy atom. The van der Waals surface area contributed by atoms with Crippen LogP contribution in [0.4, 0.5) is 4.39 Å². The van der Waals surface area contributed by atoms with Gasteiger partial charge >= 0.3 is 0 Å². The molecule has 0 fully saturated rings. The molecule has 0 radical (unpaired) electrons. The van der Waals surface area contributed by atoms with Crippen LogP contribution in [0.3, 0.4) is 0 Å². The van der Waals surface area contributed by atoms with Gasteiger partial charge in [-0.2, -0.15) is 5.10 Å². The lowest BCUT2D eigenvalue weighted by molar-refractivity contribution is 0.617. The number of aromatic nitrogens is 2. The van der Waals surface area contributed by atoms with Crippen molar-refractivity contribution in [3.63, 3.8) is 0 Å². The molecule has 3 aromatic rings. The first-order valence-corrected chi connectivity index (χ1v) is 7.53. The van der Waals surface area contributed by atoms with Crippen LogP contribution in [0.2, 0.25) is 0 Å². The minimum Gasteiger partial charge on any atom is -0.268 e. The third kappa shape index (κ3) is 3.06. The van der Waals surface area contributed by atoms with Gasteiger partial charge in [-0.1, -0.05) is 36.4 Å². The molecule has 0 bridgehead atoms. The molecule has 0 aliphatic heterocycles. The molecule has 23 heavy (non-hydrogen) atoms. The number of rotatable bonds is 3. The minimum absolute atomic E-state index is 0.0864. The van der Waals surface area contributed by atoms with E-state index in [-0.39, 0.29) is 11.4 Å². The summed E-state index contributed by atoms with van der Waals surface area (Å²) in [6, 6.07) is 15.9. The Kier molecular flexibility index (Phi) is 4.06. The van der Waals surface area contributed by atoms with Crippen molar-refractivity contribution in [3.8, 4) is 22.4 Å². The van der Waals surface area contributed by atoms with E-state index in [1.54, 1.807) is 18.2 Å². The highest BCUT2D eigenvalue weighted by Crippen LogP contribution is 2.25. The number of aryl methyl sites for hydroxylation is 2. The first kappa shape index (κ1) is 15.2. The molecular weight excluding hydrogens is 291 g/mol. The van der Waals surface area contributed by atoms with Crippen molar-refractivity contribution in [2.45, 2.75) is 20.4 Å². The Bertz CT molecular complexity index is 881. The van der Waals surface area contributed by atoms with Crippen LogP contribution in [0.25, 0.3) is 22.4 Å². The van der Waals surface area contributed by atoms with Crippen LogP contribution < -0.4 is 5.56 Å². The largest absolute Gasteiger partial charge is 0.268 e. The molecule has 116 valence electrons. The molecular formula is C19H17FN2O. The van der Waals surface area contributed by atoms with Gasteiger partial charge in [-0.25, -0.2) is 9.07 Å². The maximum Gasteiger partial charge on any atom is 0.267 e. The van der Waals surface area contributed by atoms with Gasteiger partial charge in [0.15, 0.2) is 0 Å². The Labute approximate surface area is 134 Å². The first-order chi connectivity index (χ1) is 11.1. The molecule has 3 nitrogen and oxygen atoms in total. The van der Waals surface area contributed by atoms with Gasteiger partial charge < -0.3 is 0 Å². The highest BCUT2D eigenvalue weighted by atomic mass is 19.1. The summed E-state index contributed by atoms with van der Waals surface area (Å²) < 4.78 is 14.5. The van der Waals surface area contributed by atoms with E-state index in [0.717, 1.165) is 27.9 Å². The Balaban J connectivity index is 1.99. The highest BCUT2D eigenvalue weighted by Gasteiger charge is 2.08. The van der Waals surface area contributed by atoms with Crippen LogP contribution in [0.1, 0.15) is 12.5 Å². The number of halogens is 1. The fraction of sp³-hybridized carbons (Fsp3) is 0.158. The molecule has 1 heterocycles. The zero-order valence-corrected chi connectivity index (χ0v) is 13.1. The summed E-state index contributed by atoms with van der Waals surface area (Å²) in [5, 5.41) is 4.43. The van der Waals surface area contributed by atoms with Gasteiger partial charge in [0, 0.05) is 18.2 Å². The summed E-state index contributed by atoms with van der Waals surface area (Å²) in [5.41, 5.74) is 4.50. The van der Waals surface area contributed by atoms with E-state index in [2.05, 4.69) is 5.10 Å². The molecule has 1 aromatic heterocycles. The van der Waals surface area contributed by atoms with Crippen molar-refractivity contribution >= 4 is 0 Å². The maximum atomic E-state index is 13.0. The van der Waals surface area contributed by atoms with Gasteiger partial charge in [-0.05, 0) is 42.7 Å². The van der Waals surface area contributed by atoms with E-state index in [4.69, 9.17) is 0 Å². The van der Waals surface area contributed by atoms with Gasteiger partial charge in [0.1, 0.15) is 5.82 Å². The summed E-state index contributed by atoms with van der Waals surface area (Å²) in [7, 11) is 0. The smallest absolute Gasteiger partial charge is 0.267 e. The number of nitrogens with zero attached hydrogens (tertiary/aromatic N) is 2. The molecule has 0 amide bonds. The minimum atomic E-state index is -0.244. The lowest BCUT2D eigenvalue weighted by atomic mass is 10.0. The molecule has 0 saturated carbocycles. The van der Waals surface area contributed by atoms with Crippen molar-refractivity contribution in [2.24, 2.45) is 0 Å². The van der Waals surface area contributed by atoms with E-state index >= 15 is 0 Å². The summed E-state index contributed by atoms with van der Waals surface area (Å²) in [6.45, 7) is 4.32. The van der Waals surface area contributed by atoms with E-state index in [1.807, 2.05) is 38.1 Å². The first-order valence-electron chi connectivity index (χ1n) is 7.53. The topological polar surface area (TPSA) is 34.9 Å². The average molecular weight is 308 g/mol. The molecule has 4 heteroatoms. The van der Waals surface area contributed by atoms with Crippen LogP contribution in [0, 0.1) is 12.7 Å². The van der Waals surface area contributed by atoms with Gasteiger partial charge in [0.2, 0.25) is 0 Å². The zero-order chi connectivity index (χ0) is 16.4. The molecule has 2 aromatic carbocycles. The summed E-state index contributed by atoms with van der Waals surface area (Å²) >= 11 is 0. The van der Waals surface area contributed by atoms with E-state index in [0.29, 0.717) is 6.54 Å². The van der Waals surface area contributed by atoms with Crippen molar-refractivity contribution < 1.29 is 4.39 Å². The number of hydrogen-bond acceptors (Lipinski definition) is 2. The maximum absolute atomic E-state index is 13.0. The average Bonchev–Trinajstić information content (AvgIpc) is 2.56. The van der Waals surface area contributed by atoms with Crippen molar-refractivity contribution in [1.82, 2.24) is 9.78 Å². The van der Waals surface area contributed by atoms with Crippen LogP contribution >= 0.6 is 0 Å². The predicted molar refractivity (Wildman–Crippen MR) is 89.7 cm³/mol. The Hall–Kier alpha value is -2.75. The second-order valence-corrected chi connectivity index (χ2v) is 5.41. The summed E-state index contributed by atoms with van der Waals surface area (Å²) in [4.78, 5) is 11.8. The lowest BCUT2D eigenvalue weighted by Crippen LogP contribution is -2.22. The van der Waals surface area contributed by atoms with Crippen LogP contribution in [0.15, 0.2) is 59.4 Å². The van der Waals surface area contributed by atoms with Crippen molar-refractivity contribution in [2.75, 3.05) is 0 Å². The van der Waals surface area contributed by atoms with Gasteiger partial charge in [-0.3, -0.25) is 4.79 Å². The molecule has 0 N–H and O–H groups in total. The van der Waals surface area contributed by atoms with Crippen molar-refractivity contribution in [1.29, 1.82) is 0 Å². The van der Waals surface area contributed by atoms with E-state index in [1.165, 1.54) is 16.8 Å². The van der Waals surface area contributed by atoms with E-state index < -0.39 is 0 Å². The predicted octanol–water partition coefficient (Wildman–Crippen LogP) is 4.04. The van der Waals surface area contributed by atoms with Crippen LogP contribution in [-0.4, -0.2) is 9.78 Å². The lowest BCUT2D eigenvalue weighted by Gasteiger charge is -2.09. The molecule has 0 unspecified atom stereocenters. The Morgan fingerprint density at radius 1 is 0.957 bits per heavy atom. The summed E-state index contributed by atoms with van der Waals surface area (Å²) in [6.07, 6.45) is 0. The molecule has 0 spiro atoms. The normalized spacial score (nSPS) is 10.7. The van der Waals surface area contributed by atoms with E-state index in [9.17, 15) is 9.18 Å². The quantitative estimate of drug-likeness (QED) is 0.732.